The number of rotatable bonds is 21. The highest BCUT2D eigenvalue weighted by atomic mass is 16.8. The summed E-state index contributed by atoms with van der Waals surface area (Å²) in [4.78, 5) is 52.6. The molecule has 25 atom stereocenters. The minimum atomic E-state index is -1.93. The lowest BCUT2D eigenvalue weighted by molar-refractivity contribution is -0.373. The number of nitrogens with one attached hydrogen (secondary N) is 2. The van der Waals surface area contributed by atoms with Gasteiger partial charge in [0.05, 0.1) is 57.1 Å². The van der Waals surface area contributed by atoms with Crippen molar-refractivity contribution >= 4 is 29.5 Å². The first kappa shape index (κ1) is 80.2. The molecule has 0 aromatic heterocycles. The molecule has 104 heavy (non-hydrogen) atoms. The van der Waals surface area contributed by atoms with Crippen molar-refractivity contribution in [3.05, 3.63) is 106 Å². The van der Waals surface area contributed by atoms with Crippen LogP contribution in [-0.4, -0.2) is 288 Å². The Labute approximate surface area is 602 Å². The molecule has 1 amide bonds. The third kappa shape index (κ3) is 17.0. The summed E-state index contributed by atoms with van der Waals surface area (Å²) in [5.74, 6) is 0.304. The van der Waals surface area contributed by atoms with Gasteiger partial charge in [-0.1, -0.05) is 56.3 Å². The number of ether oxygens (including phenoxy) is 9. The fraction of sp³-hybridized carbons (Fsp3) is 0.644. The predicted octanol–water partition coefficient (Wildman–Crippen LogP) is -1.36. The summed E-state index contributed by atoms with van der Waals surface area (Å²) < 4.78 is 50.4. The fourth-order valence-corrected chi connectivity index (χ4v) is 16.1. The SMILES string of the molecule is CC(=O)Oc1ccc2c3c1O[C@H]1[C@@H](OC(C)=O)C=C[C@H]4[C@@H](C2)N(C)CC[C@@]341.CCOc1cc(CC(=O)N[C@@H](CC(C)C)c2ccccc2N2CCCCC2)ccc1C(=O)O.C[C@H]1O[C@H](O[C@H]2[C@H](O)[C@@H](O)[C@@H](O[C@H]3[C@H](O)[C@@H](O)[C@H](O)O[C@@H]3CO)O[C@@H]2CO)[C@H](O)[C@@H](O)[C@@H]1N[C@H]1C=C(CO)[C@@H](O)[C@H](O)[C@H]1O. The van der Waals surface area contributed by atoms with Crippen molar-refractivity contribution in [3.8, 4) is 17.2 Å². The molecule has 5 fully saturated rings. The highest BCUT2D eigenvalue weighted by Crippen LogP contribution is 2.63. The number of anilines is 1. The van der Waals surface area contributed by atoms with E-state index < -0.39 is 148 Å². The number of likely N-dealkylation sites (N-methyl/N-ethyl adjacent to an activating group) is 1. The standard InChI is InChI=1S/C27H36N2O4.C25H43NO18.C21H23NO5/c1-4-33-25-17-20(12-13-22(25)27(31)32)18-26(30)28-23(16-19(2)3)21-10-6-7-11-24(21)29-14-8-5-9-15-29;1-6-11(26-8-2-7(3-27)12(30)15(33)13(8)31)14(32)19(37)24(40-6)43-22-10(5-29)42-25(20(38)17(22)35)44-21-9(4-28)41-23(39)18(36)16(21)34;1-11(23)25-16-6-4-13-10-15-14-5-7-17(26-12(2)24)20-21(14,8-9-22(15)3)18(13)19(16)27-20/h6-7,10-13,17,19,23H,4-5,8-9,14-16,18H2,1-3H3,(H,28,30)(H,31,32);2,6,8-39H,3-5H2,1H3;4-7,14-15,17,20H,8-10H2,1-3H3/t23-;6-,8+,9-,10-,11-,12-,13+,14+,15+,16-,17-,18-,19-,20-,21-,22-,23-,24-,25-;14-,15+,17-,20-,21-/m010/s1. The van der Waals surface area contributed by atoms with Gasteiger partial charge in [-0.3, -0.25) is 14.4 Å². The Balaban J connectivity index is 0.000000172. The Hall–Kier alpha value is -6.38. The van der Waals surface area contributed by atoms with Crippen LogP contribution in [0, 0.1) is 11.8 Å². The second-order valence-electron chi connectivity index (χ2n) is 28.6. The average Bonchev–Trinajstić information content (AvgIpc) is 1.50. The first-order chi connectivity index (χ1) is 49.5. The molecule has 0 unspecified atom stereocenters. The molecule has 3 aromatic carbocycles. The second-order valence-corrected chi connectivity index (χ2v) is 28.6. The summed E-state index contributed by atoms with van der Waals surface area (Å²) in [5, 5.41) is 148. The van der Waals surface area contributed by atoms with E-state index in [4.69, 9.17) is 42.6 Å². The number of nitrogens with zero attached hydrogens (tertiary/aromatic N) is 2. The molecule has 6 heterocycles. The number of hydrogen-bond acceptors (Lipinski definition) is 29. The third-order valence-electron chi connectivity index (χ3n) is 21.1. The number of esters is 2. The molecule has 5 saturated heterocycles. The van der Waals surface area contributed by atoms with Crippen LogP contribution in [0.15, 0.2) is 78.4 Å². The maximum absolute atomic E-state index is 13.1. The van der Waals surface area contributed by atoms with E-state index in [0.29, 0.717) is 35.8 Å². The predicted molar refractivity (Wildman–Crippen MR) is 366 cm³/mol. The van der Waals surface area contributed by atoms with Crippen LogP contribution in [0.25, 0.3) is 0 Å². The van der Waals surface area contributed by atoms with Gasteiger partial charge in [0, 0.05) is 55.6 Å². The van der Waals surface area contributed by atoms with E-state index in [1.54, 1.807) is 19.1 Å². The van der Waals surface area contributed by atoms with E-state index in [-0.39, 0.29) is 58.9 Å². The summed E-state index contributed by atoms with van der Waals surface area (Å²) in [6.07, 6.45) is -16.6. The number of benzene rings is 3. The van der Waals surface area contributed by atoms with Gasteiger partial charge in [-0.15, -0.1) is 0 Å². The van der Waals surface area contributed by atoms with Crippen molar-refractivity contribution in [3.63, 3.8) is 0 Å². The molecule has 3 aromatic rings. The fourth-order valence-electron chi connectivity index (χ4n) is 16.1. The average molecular weight is 1470 g/mol. The Morgan fingerprint density at radius 3 is 2.04 bits per heavy atom. The van der Waals surface area contributed by atoms with Gasteiger partial charge in [-0.25, -0.2) is 4.79 Å². The molecule has 0 radical (unpaired) electrons. The highest BCUT2D eigenvalue weighted by molar-refractivity contribution is 5.91. The molecule has 31 nitrogen and oxygen atoms in total. The van der Waals surface area contributed by atoms with Crippen LogP contribution < -0.4 is 29.7 Å². The monoisotopic (exact) mass is 1470 g/mol. The van der Waals surface area contributed by atoms with Crippen LogP contribution in [0.2, 0.25) is 0 Å². The van der Waals surface area contributed by atoms with Gasteiger partial charge in [-0.2, -0.15) is 0 Å². The van der Waals surface area contributed by atoms with Crippen molar-refractivity contribution < 1.29 is 133 Å². The minimum Gasteiger partial charge on any atom is -0.493 e. The second kappa shape index (κ2) is 34.7. The summed E-state index contributed by atoms with van der Waals surface area (Å²) in [6, 6.07) is 15.3. The summed E-state index contributed by atoms with van der Waals surface area (Å²) in [6.45, 7) is 11.6. The van der Waals surface area contributed by atoms with Crippen molar-refractivity contribution in [2.24, 2.45) is 11.8 Å². The Morgan fingerprint density at radius 2 is 1.39 bits per heavy atom. The molecule has 0 saturated carbocycles. The van der Waals surface area contributed by atoms with E-state index >= 15 is 0 Å². The molecule has 16 N–H and O–H groups in total. The van der Waals surface area contributed by atoms with Crippen molar-refractivity contribution in [2.45, 2.75) is 233 Å². The number of aliphatic hydroxyl groups excluding tert-OH is 13. The third-order valence-corrected chi connectivity index (χ3v) is 21.1. The van der Waals surface area contributed by atoms with Crippen LogP contribution in [0.1, 0.15) is 112 Å². The number of carboxylic acid groups (broad SMARTS) is 1. The molecule has 2 bridgehead atoms. The van der Waals surface area contributed by atoms with Gasteiger partial charge in [0.25, 0.3) is 0 Å². The molecule has 3 aliphatic carbocycles. The first-order valence-corrected chi connectivity index (χ1v) is 35.6. The van der Waals surface area contributed by atoms with E-state index in [1.165, 1.54) is 63.4 Å². The molecule has 1 spiro atoms. The van der Waals surface area contributed by atoms with Crippen LogP contribution in [0.5, 0.6) is 17.2 Å². The molecular formula is C73H102N4O27. The van der Waals surface area contributed by atoms with Crippen LogP contribution in [0.4, 0.5) is 5.69 Å². The van der Waals surface area contributed by atoms with Crippen LogP contribution in [0.3, 0.4) is 0 Å². The summed E-state index contributed by atoms with van der Waals surface area (Å²) in [5.41, 5.74) is 5.39. The number of carboxylic acids is 1. The summed E-state index contributed by atoms with van der Waals surface area (Å²) in [7, 11) is 2.17. The number of amides is 1. The Morgan fingerprint density at radius 1 is 0.731 bits per heavy atom. The Kier molecular flexibility index (Phi) is 26.7. The van der Waals surface area contributed by atoms with Gasteiger partial charge in [0.15, 0.2) is 36.5 Å². The molecule has 6 aliphatic heterocycles. The van der Waals surface area contributed by atoms with Crippen molar-refractivity contribution in [1.29, 1.82) is 0 Å². The van der Waals surface area contributed by atoms with Crippen LogP contribution >= 0.6 is 0 Å². The smallest absolute Gasteiger partial charge is 0.339 e. The molecule has 9 aliphatic rings. The number of aliphatic hydroxyl groups is 13. The number of aromatic carboxylic acids is 1. The maximum atomic E-state index is 13.1. The molecular weight excluding hydrogens is 1360 g/mol. The number of para-hydroxylation sites is 1. The number of likely N-dealkylation sites (tertiary alicyclic amines) is 1. The highest BCUT2D eigenvalue weighted by Gasteiger charge is 2.65. The van der Waals surface area contributed by atoms with E-state index in [1.807, 2.05) is 18.2 Å². The lowest BCUT2D eigenvalue weighted by Crippen LogP contribution is -2.68. The van der Waals surface area contributed by atoms with Gasteiger partial charge in [0.1, 0.15) is 96.8 Å². The zero-order chi connectivity index (χ0) is 75.3. The van der Waals surface area contributed by atoms with Gasteiger partial charge < -0.3 is 135 Å². The van der Waals surface area contributed by atoms with Gasteiger partial charge in [0.2, 0.25) is 5.91 Å². The molecule has 12 rings (SSSR count). The number of carbonyl (C=O) groups is 4. The lowest BCUT2D eigenvalue weighted by atomic mass is 9.53. The van der Waals surface area contributed by atoms with Crippen molar-refractivity contribution in [1.82, 2.24) is 15.5 Å². The van der Waals surface area contributed by atoms with E-state index in [2.05, 4.69) is 71.7 Å². The quantitative estimate of drug-likeness (QED) is 0.0333. The minimum absolute atomic E-state index is 0.0225. The topological polar surface area (TPSA) is 465 Å². The Bertz CT molecular complexity index is 3500. The largest absolute Gasteiger partial charge is 0.493 e. The van der Waals surface area contributed by atoms with Crippen LogP contribution in [-0.2, 0) is 61.1 Å². The zero-order valence-corrected chi connectivity index (χ0v) is 59.2. The maximum Gasteiger partial charge on any atom is 0.339 e. The lowest BCUT2D eigenvalue weighted by Gasteiger charge is -2.56. The normalized spacial score (nSPS) is 35.8. The van der Waals surface area contributed by atoms with E-state index in [9.17, 15) is 90.7 Å². The summed E-state index contributed by atoms with van der Waals surface area (Å²) >= 11 is 0. The molecule has 576 valence electrons. The molecule has 31 heteroatoms. The number of piperidine rings is 2. The first-order valence-electron chi connectivity index (χ1n) is 35.6. The van der Waals surface area contributed by atoms with Gasteiger partial charge in [-0.05, 0) is 124 Å². The van der Waals surface area contributed by atoms with Crippen molar-refractivity contribution in [2.75, 3.05) is 58.0 Å². The zero-order valence-electron chi connectivity index (χ0n) is 59.2. The number of hydrogen-bond donors (Lipinski definition) is 16. The van der Waals surface area contributed by atoms with E-state index in [0.717, 1.165) is 55.6 Å². The van der Waals surface area contributed by atoms with Gasteiger partial charge >= 0.3 is 17.9 Å². The number of carbonyl (C=O) groups excluding carboxylic acids is 3.